The summed E-state index contributed by atoms with van der Waals surface area (Å²) in [6.45, 7) is 22.9. The molecule has 2 aliphatic rings. The second-order valence-corrected chi connectivity index (χ2v) is 21.7. The molecule has 10 rings (SSSR count). The number of nitrogens with two attached hydrogens (primary N) is 1. The molecule has 0 unspecified atom stereocenters. The third-order valence-electron chi connectivity index (χ3n) is 11.8. The Labute approximate surface area is 448 Å². The Kier molecular flexibility index (Phi) is 16.9. The minimum absolute atomic E-state index is 0.00477. The standard InChI is InChI=1S/C26H29N7O3S.C26H27N7O2S.C2H6O/c1-26(2,3)36-25(35)32-11-5-8-18(15-32)29-23-28-10-9-19(30-23)21-20(31-24-33(21)12-13-37-24)16-6-4-7-17(14-16)22(27)34;1-26(2,3)35-25(34)32-12-6-9-19(16-32)29-23-28-11-10-20(30-23)22-21(31-24-33(22)13-14-36-24)17-7-5-8-18(15-17)27-4;1-2-3/h4,6-7,9-10,12-14,18H,5,8,11,15H2,1-3H3,(H2,27,34)(H,28,29,30);5,7-8,10-11,13-15,19H,6,9,12,16H2,1-3H3,(H,28,29,30);3H,2H2,1H3/t18-;19-;/m11./s1. The van der Waals surface area contributed by atoms with Crippen molar-refractivity contribution in [1.82, 2.24) is 48.5 Å². The molecule has 8 aromatic rings. The molecule has 0 spiro atoms. The number of nitrogens with zero attached hydrogens (tertiary/aromatic N) is 11. The number of anilines is 2. The van der Waals surface area contributed by atoms with E-state index in [-0.39, 0.29) is 30.9 Å². The maximum Gasteiger partial charge on any atom is 0.410 e. The number of ether oxygens (including phenoxy) is 2. The number of hydrogen-bond donors (Lipinski definition) is 4. The topological polar surface area (TPSA) is 237 Å². The number of amides is 3. The zero-order valence-corrected chi connectivity index (χ0v) is 45.2. The summed E-state index contributed by atoms with van der Waals surface area (Å²) in [4.78, 5) is 73.7. The number of hydrogen-bond acceptors (Lipinski definition) is 16. The van der Waals surface area contributed by atoms with Gasteiger partial charge in [0.15, 0.2) is 15.6 Å². The van der Waals surface area contributed by atoms with Crippen LogP contribution in [0.5, 0.6) is 0 Å². The molecule has 6 aromatic heterocycles. The highest BCUT2D eigenvalue weighted by molar-refractivity contribution is 7.15. The largest absolute Gasteiger partial charge is 0.444 e. The Morgan fingerprint density at radius 1 is 0.724 bits per heavy atom. The number of primary amides is 1. The number of nitrogens with one attached hydrogen (secondary N) is 2. The van der Waals surface area contributed by atoms with E-state index in [1.54, 1.807) is 64.7 Å². The number of thiazole rings is 2. The van der Waals surface area contributed by atoms with E-state index in [4.69, 9.17) is 46.8 Å². The SMILES string of the molecule is CC(C)(C)OC(=O)N1CCC[C@@H](Nc2nccc(-c3c(-c4cccc(C(N)=O)c4)nc4sccn34)n2)C1.CCO.[C-]#[N+]c1cccc(-c2nc3sccn3c2-c2ccnc(N[C@@H]3CCCN(C(=O)OC(C)(C)C)C3)n2)c1. The zero-order chi connectivity index (χ0) is 54.1. The van der Waals surface area contributed by atoms with Crippen LogP contribution in [-0.4, -0.2) is 128 Å². The fourth-order valence-corrected chi connectivity index (χ4v) is 10.1. The van der Waals surface area contributed by atoms with E-state index in [0.717, 1.165) is 69.5 Å². The van der Waals surface area contributed by atoms with E-state index in [1.165, 1.54) is 11.3 Å². The molecule has 8 heterocycles. The first-order chi connectivity index (χ1) is 36.4. The van der Waals surface area contributed by atoms with Crippen LogP contribution in [0.25, 0.3) is 60.1 Å². The lowest BCUT2D eigenvalue weighted by molar-refractivity contribution is 0.0196. The lowest BCUT2D eigenvalue weighted by Crippen LogP contribution is -2.47. The van der Waals surface area contributed by atoms with Crippen LogP contribution in [0.2, 0.25) is 0 Å². The molecule has 2 aromatic carbocycles. The van der Waals surface area contributed by atoms with Crippen LogP contribution >= 0.6 is 22.7 Å². The van der Waals surface area contributed by atoms with E-state index in [0.29, 0.717) is 60.7 Å². The lowest BCUT2D eigenvalue weighted by Gasteiger charge is -2.34. The van der Waals surface area contributed by atoms with Crippen LogP contribution < -0.4 is 16.4 Å². The maximum absolute atomic E-state index is 12.6. The van der Waals surface area contributed by atoms with Gasteiger partial charge in [-0.05, 0) is 110 Å². The summed E-state index contributed by atoms with van der Waals surface area (Å²) in [5.41, 5.74) is 11.6. The molecule has 2 aliphatic heterocycles. The van der Waals surface area contributed by atoms with Gasteiger partial charge in [-0.1, -0.05) is 30.3 Å². The third kappa shape index (κ3) is 13.4. The van der Waals surface area contributed by atoms with Gasteiger partial charge in [-0.25, -0.2) is 44.3 Å². The van der Waals surface area contributed by atoms with Gasteiger partial charge in [-0.3, -0.25) is 13.6 Å². The molecule has 76 heavy (non-hydrogen) atoms. The quantitative estimate of drug-likeness (QED) is 0.0985. The van der Waals surface area contributed by atoms with E-state index >= 15 is 0 Å². The van der Waals surface area contributed by atoms with Gasteiger partial charge in [-0.2, -0.15) is 0 Å². The lowest BCUT2D eigenvalue weighted by atomic mass is 10.0. The van der Waals surface area contributed by atoms with Crippen LogP contribution in [0.15, 0.2) is 96.2 Å². The van der Waals surface area contributed by atoms with Crippen LogP contribution in [0, 0.1) is 6.57 Å². The second kappa shape index (κ2) is 23.7. The number of fused-ring (bicyclic) bond motifs is 2. The normalized spacial score (nSPS) is 15.7. The molecule has 396 valence electrons. The number of aromatic nitrogens is 8. The number of imidazole rings is 2. The van der Waals surface area contributed by atoms with Gasteiger partial charge < -0.3 is 40.7 Å². The number of carbonyl (C=O) groups is 3. The Morgan fingerprint density at radius 3 is 1.63 bits per heavy atom. The predicted molar refractivity (Wildman–Crippen MR) is 296 cm³/mol. The average Bonchev–Trinajstić information content (AvgIpc) is 4.20. The molecule has 3 amide bonds. The van der Waals surface area contributed by atoms with Crippen LogP contribution in [0.3, 0.4) is 0 Å². The highest BCUT2D eigenvalue weighted by Crippen LogP contribution is 2.36. The third-order valence-corrected chi connectivity index (χ3v) is 13.3. The summed E-state index contributed by atoms with van der Waals surface area (Å²) in [7, 11) is 0. The van der Waals surface area contributed by atoms with Crippen molar-refractivity contribution in [2.24, 2.45) is 5.73 Å². The average molecular weight is 1070 g/mol. The first-order valence-electron chi connectivity index (χ1n) is 25.0. The monoisotopic (exact) mass is 1070 g/mol. The summed E-state index contributed by atoms with van der Waals surface area (Å²) in [6, 6.07) is 18.3. The van der Waals surface area contributed by atoms with Crippen molar-refractivity contribution < 1.29 is 29.0 Å². The Hall–Kier alpha value is -8.00. The Morgan fingerprint density at radius 2 is 1.18 bits per heavy atom. The molecule has 20 nitrogen and oxygen atoms in total. The smallest absolute Gasteiger partial charge is 0.410 e. The van der Waals surface area contributed by atoms with E-state index < -0.39 is 17.1 Å². The van der Waals surface area contributed by atoms with Gasteiger partial charge >= 0.3 is 12.2 Å². The minimum Gasteiger partial charge on any atom is -0.444 e. The Balaban J connectivity index is 0.000000192. The van der Waals surface area contributed by atoms with Crippen molar-refractivity contribution in [2.75, 3.05) is 43.4 Å². The number of piperidine rings is 2. The summed E-state index contributed by atoms with van der Waals surface area (Å²) in [5, 5.41) is 18.3. The van der Waals surface area contributed by atoms with Gasteiger partial charge in [0, 0.05) is 91.5 Å². The fraction of sp³-hybridized carbons (Fsp3) is 0.370. The number of carbonyl (C=O) groups excluding carboxylic acids is 3. The van der Waals surface area contributed by atoms with Crippen LogP contribution in [-0.2, 0) is 9.47 Å². The molecule has 0 saturated carbocycles. The maximum atomic E-state index is 12.6. The van der Waals surface area contributed by atoms with E-state index in [1.807, 2.05) is 110 Å². The summed E-state index contributed by atoms with van der Waals surface area (Å²) >= 11 is 3.06. The summed E-state index contributed by atoms with van der Waals surface area (Å²) in [6.07, 6.45) is 10.3. The molecule has 2 atom stereocenters. The fourth-order valence-electron chi connectivity index (χ4n) is 8.67. The first kappa shape index (κ1) is 54.3. The minimum atomic E-state index is -0.540. The summed E-state index contributed by atoms with van der Waals surface area (Å²) < 4.78 is 15.1. The van der Waals surface area contributed by atoms with Crippen LogP contribution in [0.4, 0.5) is 27.2 Å². The van der Waals surface area contributed by atoms with Crippen molar-refractivity contribution >= 4 is 68.3 Å². The highest BCUT2D eigenvalue weighted by atomic mass is 32.1. The molecule has 22 heteroatoms. The molecule has 0 radical (unpaired) electrons. The molecule has 5 N–H and O–H groups in total. The van der Waals surface area contributed by atoms with Gasteiger partial charge in [-0.15, -0.1) is 22.7 Å². The van der Waals surface area contributed by atoms with Crippen molar-refractivity contribution in [3.63, 3.8) is 0 Å². The van der Waals surface area contributed by atoms with Crippen molar-refractivity contribution in [2.45, 2.75) is 97.4 Å². The number of benzene rings is 2. The van der Waals surface area contributed by atoms with Gasteiger partial charge in [0.25, 0.3) is 0 Å². The molecular formula is C54H62N14O6S2. The zero-order valence-electron chi connectivity index (χ0n) is 43.6. The molecule has 2 saturated heterocycles. The van der Waals surface area contributed by atoms with Gasteiger partial charge in [0.05, 0.1) is 29.3 Å². The predicted octanol–water partition coefficient (Wildman–Crippen LogP) is 10.3. The first-order valence-corrected chi connectivity index (χ1v) is 26.7. The van der Waals surface area contributed by atoms with E-state index in [9.17, 15) is 14.4 Å². The van der Waals surface area contributed by atoms with Crippen molar-refractivity contribution in [3.05, 3.63) is 113 Å². The van der Waals surface area contributed by atoms with Crippen LogP contribution in [0.1, 0.15) is 84.5 Å². The number of rotatable bonds is 9. The number of aliphatic hydroxyl groups excluding tert-OH is 1. The van der Waals surface area contributed by atoms with E-state index in [2.05, 4.69) is 25.4 Å². The highest BCUT2D eigenvalue weighted by Gasteiger charge is 2.30. The van der Waals surface area contributed by atoms with Gasteiger partial charge in [0.1, 0.15) is 22.6 Å². The van der Waals surface area contributed by atoms with Crippen molar-refractivity contribution in [3.8, 4) is 45.3 Å². The Bertz CT molecular complexity index is 3370. The molecule has 0 bridgehead atoms. The molecular weight excluding hydrogens is 1000 g/mol. The number of aliphatic hydroxyl groups is 1. The van der Waals surface area contributed by atoms with Crippen molar-refractivity contribution in [1.29, 1.82) is 0 Å². The molecule has 2 fully saturated rings. The molecule has 0 aliphatic carbocycles. The summed E-state index contributed by atoms with van der Waals surface area (Å²) in [5.74, 6) is 0.469. The second-order valence-electron chi connectivity index (χ2n) is 20.0. The number of likely N-dealkylation sites (tertiary alicyclic amines) is 2. The van der Waals surface area contributed by atoms with Gasteiger partial charge in [0.2, 0.25) is 17.8 Å².